The lowest BCUT2D eigenvalue weighted by Crippen LogP contribution is -2.15. The standard InChI is InChI=1S/C11H15N3O2/c1-13(2)12-8-11(9-14(15)16)10-6-4-3-5-7-10/h3-8,11H,9H2,1-2H3/b12-8+. The normalized spacial score (nSPS) is 12.6. The first-order valence-corrected chi connectivity index (χ1v) is 4.97. The molecule has 1 rings (SSSR count). The zero-order valence-electron chi connectivity index (χ0n) is 9.41. The minimum absolute atomic E-state index is 0.138. The molecule has 16 heavy (non-hydrogen) atoms. The SMILES string of the molecule is CN(C)/N=C/C(C[N+](=O)[O-])c1ccccc1. The van der Waals surface area contributed by atoms with Gasteiger partial charge in [-0.3, -0.25) is 10.1 Å². The van der Waals surface area contributed by atoms with Gasteiger partial charge in [-0.2, -0.15) is 5.10 Å². The fourth-order valence-electron chi connectivity index (χ4n) is 1.31. The van der Waals surface area contributed by atoms with Crippen molar-refractivity contribution in [3.8, 4) is 0 Å². The van der Waals surface area contributed by atoms with Gasteiger partial charge in [0.15, 0.2) is 0 Å². The molecule has 1 aromatic carbocycles. The average Bonchev–Trinajstić information content (AvgIpc) is 2.25. The van der Waals surface area contributed by atoms with Crippen molar-refractivity contribution in [2.45, 2.75) is 5.92 Å². The molecule has 0 aliphatic rings. The van der Waals surface area contributed by atoms with Crippen molar-refractivity contribution in [2.24, 2.45) is 5.10 Å². The summed E-state index contributed by atoms with van der Waals surface area (Å²) in [6, 6.07) is 9.36. The van der Waals surface area contributed by atoms with Gasteiger partial charge in [0.1, 0.15) is 0 Å². The fraction of sp³-hybridized carbons (Fsp3) is 0.364. The van der Waals surface area contributed by atoms with Gasteiger partial charge in [-0.05, 0) is 5.56 Å². The van der Waals surface area contributed by atoms with E-state index in [9.17, 15) is 10.1 Å². The average molecular weight is 221 g/mol. The van der Waals surface area contributed by atoms with Crippen LogP contribution in [0.4, 0.5) is 0 Å². The van der Waals surface area contributed by atoms with Crippen molar-refractivity contribution in [1.29, 1.82) is 0 Å². The number of nitro groups is 1. The zero-order chi connectivity index (χ0) is 12.0. The predicted molar refractivity (Wildman–Crippen MR) is 63.2 cm³/mol. The predicted octanol–water partition coefficient (Wildman–Crippen LogP) is 1.59. The van der Waals surface area contributed by atoms with Crippen LogP contribution in [-0.2, 0) is 0 Å². The second-order valence-electron chi connectivity index (χ2n) is 3.64. The molecule has 0 aromatic heterocycles. The van der Waals surface area contributed by atoms with Crippen LogP contribution in [0.2, 0.25) is 0 Å². The third kappa shape index (κ3) is 4.08. The highest BCUT2D eigenvalue weighted by atomic mass is 16.6. The van der Waals surface area contributed by atoms with E-state index in [1.165, 1.54) is 0 Å². The molecule has 5 heteroatoms. The maximum atomic E-state index is 10.6. The smallest absolute Gasteiger partial charge is 0.215 e. The first kappa shape index (κ1) is 12.2. The largest absolute Gasteiger partial charge is 0.303 e. The van der Waals surface area contributed by atoms with Gasteiger partial charge < -0.3 is 5.01 Å². The van der Waals surface area contributed by atoms with E-state index in [-0.39, 0.29) is 17.4 Å². The van der Waals surface area contributed by atoms with Crippen LogP contribution in [0.5, 0.6) is 0 Å². The van der Waals surface area contributed by atoms with Gasteiger partial charge in [0.25, 0.3) is 0 Å². The molecule has 86 valence electrons. The van der Waals surface area contributed by atoms with E-state index >= 15 is 0 Å². The molecule has 1 unspecified atom stereocenters. The Labute approximate surface area is 94.5 Å². The van der Waals surface area contributed by atoms with Gasteiger partial charge in [-0.15, -0.1) is 0 Å². The van der Waals surface area contributed by atoms with Crippen molar-refractivity contribution in [3.63, 3.8) is 0 Å². The molecule has 0 saturated heterocycles. The second kappa shape index (κ2) is 5.85. The Balaban J connectivity index is 2.83. The minimum atomic E-state index is -0.320. The summed E-state index contributed by atoms with van der Waals surface area (Å²) >= 11 is 0. The Kier molecular flexibility index (Phi) is 4.44. The zero-order valence-corrected chi connectivity index (χ0v) is 9.41. The van der Waals surface area contributed by atoms with Crippen molar-refractivity contribution < 1.29 is 4.92 Å². The second-order valence-corrected chi connectivity index (χ2v) is 3.64. The van der Waals surface area contributed by atoms with E-state index < -0.39 is 0 Å². The maximum absolute atomic E-state index is 10.6. The number of nitrogens with zero attached hydrogens (tertiary/aromatic N) is 3. The first-order valence-electron chi connectivity index (χ1n) is 4.97. The molecule has 0 saturated carbocycles. The van der Waals surface area contributed by atoms with Gasteiger partial charge in [-0.25, -0.2) is 0 Å². The third-order valence-electron chi connectivity index (χ3n) is 2.05. The summed E-state index contributed by atoms with van der Waals surface area (Å²) in [7, 11) is 3.56. The summed E-state index contributed by atoms with van der Waals surface area (Å²) in [5.74, 6) is -0.279. The van der Waals surface area contributed by atoms with E-state index in [2.05, 4.69) is 5.10 Å². The summed E-state index contributed by atoms with van der Waals surface area (Å²) < 4.78 is 0. The number of hydrogen-bond acceptors (Lipinski definition) is 4. The maximum Gasteiger partial charge on any atom is 0.215 e. The van der Waals surface area contributed by atoms with Crippen LogP contribution < -0.4 is 0 Å². The monoisotopic (exact) mass is 221 g/mol. The minimum Gasteiger partial charge on any atom is -0.303 e. The van der Waals surface area contributed by atoms with Crippen LogP contribution >= 0.6 is 0 Å². The van der Waals surface area contributed by atoms with Gasteiger partial charge in [-0.1, -0.05) is 30.3 Å². The Hall–Kier alpha value is -1.91. The Bertz CT molecular complexity index is 363. The molecule has 0 amide bonds. The molecule has 1 aromatic rings. The van der Waals surface area contributed by atoms with Gasteiger partial charge in [0.2, 0.25) is 6.54 Å². The van der Waals surface area contributed by atoms with Crippen molar-refractivity contribution >= 4 is 6.21 Å². The molecule has 0 fully saturated rings. The van der Waals surface area contributed by atoms with Crippen LogP contribution in [0.1, 0.15) is 11.5 Å². The van der Waals surface area contributed by atoms with Crippen LogP contribution in [0.15, 0.2) is 35.4 Å². The fourth-order valence-corrected chi connectivity index (χ4v) is 1.31. The summed E-state index contributed by atoms with van der Waals surface area (Å²) in [4.78, 5) is 10.2. The lowest BCUT2D eigenvalue weighted by Gasteiger charge is -2.09. The molecule has 0 bridgehead atoms. The van der Waals surface area contributed by atoms with E-state index in [0.717, 1.165) is 5.56 Å². The van der Waals surface area contributed by atoms with E-state index in [0.29, 0.717) is 0 Å². The molecule has 0 heterocycles. The van der Waals surface area contributed by atoms with Gasteiger partial charge >= 0.3 is 0 Å². The number of hydrogen-bond donors (Lipinski definition) is 0. The van der Waals surface area contributed by atoms with Crippen LogP contribution in [-0.4, -0.2) is 36.8 Å². The van der Waals surface area contributed by atoms with Crippen LogP contribution in [0, 0.1) is 10.1 Å². The number of hydrazone groups is 1. The summed E-state index contributed by atoms with van der Waals surface area (Å²) in [5, 5.41) is 16.2. The van der Waals surface area contributed by atoms with Gasteiger partial charge in [0.05, 0.1) is 5.92 Å². The molecule has 0 spiro atoms. The molecule has 5 nitrogen and oxygen atoms in total. The van der Waals surface area contributed by atoms with Crippen LogP contribution in [0.3, 0.4) is 0 Å². The lowest BCUT2D eigenvalue weighted by atomic mass is 10.0. The Morgan fingerprint density at radius 2 is 2.06 bits per heavy atom. The topological polar surface area (TPSA) is 58.7 Å². The molecule has 0 N–H and O–H groups in total. The van der Waals surface area contributed by atoms with Crippen molar-refractivity contribution in [1.82, 2.24) is 5.01 Å². The van der Waals surface area contributed by atoms with E-state index in [1.807, 2.05) is 30.3 Å². The molecular formula is C11H15N3O2. The highest BCUT2D eigenvalue weighted by molar-refractivity contribution is 5.67. The molecule has 0 aliphatic heterocycles. The van der Waals surface area contributed by atoms with Crippen LogP contribution in [0.25, 0.3) is 0 Å². The van der Waals surface area contributed by atoms with E-state index in [4.69, 9.17) is 0 Å². The molecular weight excluding hydrogens is 206 g/mol. The molecule has 1 atom stereocenters. The van der Waals surface area contributed by atoms with Crippen molar-refractivity contribution in [2.75, 3.05) is 20.6 Å². The summed E-state index contributed by atoms with van der Waals surface area (Å²) in [6.07, 6.45) is 1.61. The summed E-state index contributed by atoms with van der Waals surface area (Å²) in [6.45, 7) is -0.138. The number of benzene rings is 1. The third-order valence-corrected chi connectivity index (χ3v) is 2.05. The highest BCUT2D eigenvalue weighted by Gasteiger charge is 2.15. The Morgan fingerprint density at radius 1 is 1.44 bits per heavy atom. The number of rotatable bonds is 5. The van der Waals surface area contributed by atoms with E-state index in [1.54, 1.807) is 25.3 Å². The lowest BCUT2D eigenvalue weighted by molar-refractivity contribution is -0.480. The molecule has 0 radical (unpaired) electrons. The highest BCUT2D eigenvalue weighted by Crippen LogP contribution is 2.13. The van der Waals surface area contributed by atoms with Crippen molar-refractivity contribution in [3.05, 3.63) is 46.0 Å². The Morgan fingerprint density at radius 3 is 2.56 bits per heavy atom. The van der Waals surface area contributed by atoms with Gasteiger partial charge in [0, 0.05) is 25.2 Å². The molecule has 0 aliphatic carbocycles. The summed E-state index contributed by atoms with van der Waals surface area (Å²) in [5.41, 5.74) is 0.907. The quantitative estimate of drug-likeness (QED) is 0.431. The first-order chi connectivity index (χ1) is 7.59.